The first-order valence-electron chi connectivity index (χ1n) is 9.45. The summed E-state index contributed by atoms with van der Waals surface area (Å²) >= 11 is 0. The van der Waals surface area contributed by atoms with Gasteiger partial charge >= 0.3 is 0 Å². The van der Waals surface area contributed by atoms with E-state index in [1.807, 2.05) is 6.20 Å². The minimum atomic E-state index is 1.00. The molecule has 0 saturated heterocycles. The van der Waals surface area contributed by atoms with Crippen molar-refractivity contribution in [3.63, 3.8) is 0 Å². The van der Waals surface area contributed by atoms with Crippen LogP contribution in [0, 0.1) is 27.7 Å². The molecule has 4 aromatic rings. The normalized spacial score (nSPS) is 13.3. The molecule has 0 spiro atoms. The number of fused-ring (bicyclic) bond motifs is 3. The van der Waals surface area contributed by atoms with Gasteiger partial charge in [0.25, 0.3) is 0 Å². The van der Waals surface area contributed by atoms with E-state index in [0.29, 0.717) is 0 Å². The van der Waals surface area contributed by atoms with Gasteiger partial charge in [0.05, 0.1) is 17.2 Å². The quantitative estimate of drug-likeness (QED) is 0.507. The Kier molecular flexibility index (Phi) is 4.11. The van der Waals surface area contributed by atoms with Gasteiger partial charge in [-0.3, -0.25) is 9.38 Å². The highest BCUT2D eigenvalue weighted by atomic mass is 15.0. The average molecular weight is 355 g/mol. The number of benzene rings is 1. The fourth-order valence-corrected chi connectivity index (χ4v) is 4.17. The van der Waals surface area contributed by atoms with Crippen molar-refractivity contribution < 1.29 is 0 Å². The molecule has 1 aromatic carbocycles. The van der Waals surface area contributed by atoms with Crippen molar-refractivity contribution in [3.05, 3.63) is 63.5 Å². The Morgan fingerprint density at radius 2 is 1.48 bits per heavy atom. The van der Waals surface area contributed by atoms with Crippen LogP contribution >= 0.6 is 0 Å². The second-order valence-corrected chi connectivity index (χ2v) is 7.13. The summed E-state index contributed by atoms with van der Waals surface area (Å²) in [5.41, 5.74) is 7.98. The van der Waals surface area contributed by atoms with Crippen LogP contribution in [0.2, 0.25) is 0 Å². The third-order valence-electron chi connectivity index (χ3n) is 5.73. The lowest BCUT2D eigenvalue weighted by Crippen LogP contribution is -2.32. The molecule has 0 aliphatic rings. The van der Waals surface area contributed by atoms with Crippen LogP contribution in [-0.2, 0) is 0 Å². The molecule has 4 rings (SSSR count). The maximum absolute atomic E-state index is 4.86. The lowest BCUT2D eigenvalue weighted by molar-refractivity contribution is 1.05. The summed E-state index contributed by atoms with van der Waals surface area (Å²) in [5, 5.41) is 4.86. The smallest absolute Gasteiger partial charge is 0.145 e. The van der Waals surface area contributed by atoms with Crippen LogP contribution in [0.1, 0.15) is 36.4 Å². The van der Waals surface area contributed by atoms with Gasteiger partial charge in [-0.1, -0.05) is 36.4 Å². The molecule has 0 aliphatic heterocycles. The minimum absolute atomic E-state index is 1.00. The largest absolute Gasteiger partial charge is 0.292 e. The Labute approximate surface area is 159 Å². The van der Waals surface area contributed by atoms with Crippen molar-refractivity contribution >= 4 is 28.6 Å². The van der Waals surface area contributed by atoms with E-state index in [1.54, 1.807) is 0 Å². The number of aryl methyl sites for hydroxylation is 2. The molecule has 0 fully saturated rings. The summed E-state index contributed by atoms with van der Waals surface area (Å²) in [4.78, 5) is 9.56. The van der Waals surface area contributed by atoms with Crippen molar-refractivity contribution in [1.29, 1.82) is 0 Å². The Bertz CT molecular complexity index is 1300. The molecule has 0 unspecified atom stereocenters. The zero-order valence-corrected chi connectivity index (χ0v) is 16.9. The minimum Gasteiger partial charge on any atom is -0.292 e. The SMILES string of the molecule is C/C=c1\c(=C/C)n2c(-c3c(C)c(C)nc(C)c3C)cnc2c2ccccc12. The van der Waals surface area contributed by atoms with Crippen LogP contribution in [0.4, 0.5) is 0 Å². The van der Waals surface area contributed by atoms with Gasteiger partial charge in [0, 0.05) is 27.6 Å². The first-order valence-corrected chi connectivity index (χ1v) is 9.45. The number of hydrogen-bond donors (Lipinski definition) is 0. The molecule has 3 heterocycles. The van der Waals surface area contributed by atoms with Crippen molar-refractivity contribution in [2.24, 2.45) is 0 Å². The molecular formula is C24H25N3. The maximum Gasteiger partial charge on any atom is 0.145 e. The molecule has 0 amide bonds. The second-order valence-electron chi connectivity index (χ2n) is 7.13. The summed E-state index contributed by atoms with van der Waals surface area (Å²) in [6.07, 6.45) is 6.40. The second kappa shape index (κ2) is 6.34. The topological polar surface area (TPSA) is 30.2 Å². The summed E-state index contributed by atoms with van der Waals surface area (Å²) in [6.45, 7) is 12.7. The van der Waals surface area contributed by atoms with Gasteiger partial charge in [-0.25, -0.2) is 4.98 Å². The average Bonchev–Trinajstić information content (AvgIpc) is 3.10. The third kappa shape index (κ3) is 2.42. The van der Waals surface area contributed by atoms with Crippen LogP contribution in [-0.4, -0.2) is 14.4 Å². The zero-order valence-electron chi connectivity index (χ0n) is 16.9. The van der Waals surface area contributed by atoms with Crippen LogP contribution in [0.15, 0.2) is 30.5 Å². The number of pyridine rings is 2. The van der Waals surface area contributed by atoms with Crippen molar-refractivity contribution in [2.45, 2.75) is 41.5 Å². The standard InChI is InChI=1S/C24H25N3/c1-7-18-19-11-9-10-12-20(19)24-25-13-22(27(24)21(18)8-2)23-14(3)16(5)26-17(6)15(23)4/h7-13H,1-6H3/b18-7-,21-8+. The summed E-state index contributed by atoms with van der Waals surface area (Å²) in [7, 11) is 0. The molecule has 3 nitrogen and oxygen atoms in total. The fourth-order valence-electron chi connectivity index (χ4n) is 4.17. The zero-order chi connectivity index (χ0) is 19.3. The Morgan fingerprint density at radius 1 is 0.852 bits per heavy atom. The summed E-state index contributed by atoms with van der Waals surface area (Å²) < 4.78 is 2.31. The highest BCUT2D eigenvalue weighted by molar-refractivity contribution is 5.96. The molecule has 136 valence electrons. The molecule has 0 saturated carbocycles. The predicted molar refractivity (Wildman–Crippen MR) is 114 cm³/mol. The van der Waals surface area contributed by atoms with Gasteiger partial charge < -0.3 is 0 Å². The van der Waals surface area contributed by atoms with Crippen molar-refractivity contribution in [3.8, 4) is 11.3 Å². The lowest BCUT2D eigenvalue weighted by atomic mass is 9.98. The molecule has 0 radical (unpaired) electrons. The van der Waals surface area contributed by atoms with Gasteiger partial charge in [-0.15, -0.1) is 0 Å². The Hall–Kier alpha value is -2.94. The number of imidazole rings is 1. The molecular weight excluding hydrogens is 330 g/mol. The van der Waals surface area contributed by atoms with E-state index >= 15 is 0 Å². The van der Waals surface area contributed by atoms with Crippen molar-refractivity contribution in [2.75, 3.05) is 0 Å². The number of aromatic nitrogens is 3. The number of rotatable bonds is 1. The molecule has 3 heteroatoms. The summed E-state index contributed by atoms with van der Waals surface area (Å²) in [5.74, 6) is 0. The lowest BCUT2D eigenvalue weighted by Gasteiger charge is -2.15. The van der Waals surface area contributed by atoms with E-state index in [-0.39, 0.29) is 0 Å². The van der Waals surface area contributed by atoms with E-state index in [0.717, 1.165) is 22.7 Å². The van der Waals surface area contributed by atoms with E-state index in [2.05, 4.69) is 82.4 Å². The monoisotopic (exact) mass is 355 g/mol. The maximum atomic E-state index is 4.86. The van der Waals surface area contributed by atoms with Gasteiger partial charge in [-0.05, 0) is 58.1 Å². The van der Waals surface area contributed by atoms with Gasteiger partial charge in [0.2, 0.25) is 0 Å². The van der Waals surface area contributed by atoms with Gasteiger partial charge in [-0.2, -0.15) is 0 Å². The van der Waals surface area contributed by atoms with E-state index in [9.17, 15) is 0 Å². The predicted octanol–water partition coefficient (Wildman–Crippen LogP) is 4.38. The Morgan fingerprint density at radius 3 is 2.07 bits per heavy atom. The molecule has 27 heavy (non-hydrogen) atoms. The molecule has 3 aromatic heterocycles. The Balaban J connectivity index is 2.31. The van der Waals surface area contributed by atoms with E-state index < -0.39 is 0 Å². The molecule has 0 atom stereocenters. The van der Waals surface area contributed by atoms with E-state index in [4.69, 9.17) is 9.97 Å². The highest BCUT2D eigenvalue weighted by Crippen LogP contribution is 2.31. The van der Waals surface area contributed by atoms with Crippen LogP contribution in [0.25, 0.3) is 39.8 Å². The van der Waals surface area contributed by atoms with E-state index in [1.165, 1.54) is 38.0 Å². The highest BCUT2D eigenvalue weighted by Gasteiger charge is 2.17. The van der Waals surface area contributed by atoms with Crippen LogP contribution in [0.3, 0.4) is 0 Å². The number of nitrogens with zero attached hydrogens (tertiary/aromatic N) is 3. The van der Waals surface area contributed by atoms with Gasteiger partial charge in [0.15, 0.2) is 0 Å². The molecule has 0 N–H and O–H groups in total. The van der Waals surface area contributed by atoms with Gasteiger partial charge in [0.1, 0.15) is 5.65 Å². The molecule has 0 aliphatic carbocycles. The van der Waals surface area contributed by atoms with Crippen LogP contribution in [0.5, 0.6) is 0 Å². The molecule has 0 bridgehead atoms. The first-order chi connectivity index (χ1) is 13.0. The third-order valence-corrected chi connectivity index (χ3v) is 5.73. The van der Waals surface area contributed by atoms with Crippen molar-refractivity contribution in [1.82, 2.24) is 14.4 Å². The summed E-state index contributed by atoms with van der Waals surface area (Å²) in [6, 6.07) is 8.53. The first kappa shape index (κ1) is 17.5. The van der Waals surface area contributed by atoms with Crippen LogP contribution < -0.4 is 10.6 Å². The number of hydrogen-bond acceptors (Lipinski definition) is 2. The fraction of sp³-hybridized carbons (Fsp3) is 0.250.